The second-order valence-electron chi connectivity index (χ2n) is 5.08. The fraction of sp³-hybridized carbons (Fsp3) is 1.00. The van der Waals surface area contributed by atoms with E-state index < -0.39 is 0 Å². The van der Waals surface area contributed by atoms with Crippen molar-refractivity contribution in [1.82, 2.24) is 0 Å². The number of hydrogen-bond acceptors (Lipinski definition) is 3. The minimum Gasteiger partial charge on any atom is -0.393 e. The smallest absolute Gasteiger partial charge is 0.0650 e. The van der Waals surface area contributed by atoms with Crippen LogP contribution in [0.5, 0.6) is 0 Å². The first kappa shape index (κ1) is 14.9. The van der Waals surface area contributed by atoms with E-state index in [0.29, 0.717) is 5.92 Å². The highest BCUT2D eigenvalue weighted by atomic mass is 16.5. The Morgan fingerprint density at radius 1 is 1.06 bits per heavy atom. The predicted octanol–water partition coefficient (Wildman–Crippen LogP) is 2.76. The number of hydrogen-bond donors (Lipinski definition) is 1. The second kappa shape index (κ2) is 8.90. The van der Waals surface area contributed by atoms with Crippen molar-refractivity contribution in [2.45, 2.75) is 64.6 Å². The SMILES string of the molecule is CCCCOCC1C[C@H](O)C[C@@H]1OCCCC. The normalized spacial score (nSPS) is 28.8. The van der Waals surface area contributed by atoms with Crippen LogP contribution in [-0.2, 0) is 9.47 Å². The van der Waals surface area contributed by atoms with Gasteiger partial charge in [0.05, 0.1) is 18.8 Å². The number of aliphatic hydroxyl groups is 1. The van der Waals surface area contributed by atoms with Crippen LogP contribution in [0.4, 0.5) is 0 Å². The molecule has 0 saturated heterocycles. The van der Waals surface area contributed by atoms with E-state index in [1.54, 1.807) is 0 Å². The fourth-order valence-electron chi connectivity index (χ4n) is 2.30. The third-order valence-electron chi connectivity index (χ3n) is 3.41. The molecule has 0 aromatic carbocycles. The van der Waals surface area contributed by atoms with Gasteiger partial charge in [-0.05, 0) is 25.7 Å². The lowest BCUT2D eigenvalue weighted by Crippen LogP contribution is -2.23. The van der Waals surface area contributed by atoms with E-state index in [1.807, 2.05) is 0 Å². The summed E-state index contributed by atoms with van der Waals surface area (Å²) in [5.74, 6) is 0.388. The highest BCUT2D eigenvalue weighted by Crippen LogP contribution is 2.29. The first-order chi connectivity index (χ1) is 8.27. The van der Waals surface area contributed by atoms with Gasteiger partial charge in [0, 0.05) is 19.1 Å². The zero-order valence-corrected chi connectivity index (χ0v) is 11.4. The molecule has 102 valence electrons. The molecule has 3 atom stereocenters. The van der Waals surface area contributed by atoms with Gasteiger partial charge >= 0.3 is 0 Å². The van der Waals surface area contributed by atoms with Gasteiger partial charge in [0.1, 0.15) is 0 Å². The van der Waals surface area contributed by atoms with E-state index >= 15 is 0 Å². The average molecular weight is 244 g/mol. The Kier molecular flexibility index (Phi) is 7.82. The van der Waals surface area contributed by atoms with Gasteiger partial charge in [-0.15, -0.1) is 0 Å². The van der Waals surface area contributed by atoms with Gasteiger partial charge < -0.3 is 14.6 Å². The molecule has 0 aromatic rings. The Bertz CT molecular complexity index is 184. The third-order valence-corrected chi connectivity index (χ3v) is 3.41. The van der Waals surface area contributed by atoms with Crippen LogP contribution in [0.15, 0.2) is 0 Å². The largest absolute Gasteiger partial charge is 0.393 e. The van der Waals surface area contributed by atoms with Crippen LogP contribution in [-0.4, -0.2) is 37.1 Å². The summed E-state index contributed by atoms with van der Waals surface area (Å²) in [4.78, 5) is 0. The molecular weight excluding hydrogens is 216 g/mol. The number of ether oxygens (including phenoxy) is 2. The monoisotopic (exact) mass is 244 g/mol. The van der Waals surface area contributed by atoms with Gasteiger partial charge in [-0.3, -0.25) is 0 Å². The maximum Gasteiger partial charge on any atom is 0.0650 e. The highest BCUT2D eigenvalue weighted by molar-refractivity contribution is 4.84. The Morgan fingerprint density at radius 3 is 2.47 bits per heavy atom. The molecule has 17 heavy (non-hydrogen) atoms. The van der Waals surface area contributed by atoms with Crippen molar-refractivity contribution in [3.8, 4) is 0 Å². The summed E-state index contributed by atoms with van der Waals surface area (Å²) in [6.45, 7) is 6.73. The van der Waals surface area contributed by atoms with Crippen LogP contribution in [0.1, 0.15) is 52.4 Å². The van der Waals surface area contributed by atoms with Crippen molar-refractivity contribution in [3.05, 3.63) is 0 Å². The first-order valence-corrected chi connectivity index (χ1v) is 7.15. The van der Waals surface area contributed by atoms with Crippen molar-refractivity contribution < 1.29 is 14.6 Å². The molecule has 1 fully saturated rings. The molecule has 0 aromatic heterocycles. The van der Waals surface area contributed by atoms with Crippen molar-refractivity contribution in [3.63, 3.8) is 0 Å². The fourth-order valence-corrected chi connectivity index (χ4v) is 2.30. The number of aliphatic hydroxyl groups excluding tert-OH is 1. The molecule has 3 nitrogen and oxygen atoms in total. The summed E-state index contributed by atoms with van der Waals surface area (Å²) >= 11 is 0. The van der Waals surface area contributed by atoms with Crippen LogP contribution < -0.4 is 0 Å². The molecule has 1 aliphatic carbocycles. The topological polar surface area (TPSA) is 38.7 Å². The molecule has 3 heteroatoms. The Labute approximate surface area is 105 Å². The van der Waals surface area contributed by atoms with Crippen LogP contribution in [0.3, 0.4) is 0 Å². The van der Waals surface area contributed by atoms with Gasteiger partial charge in [0.15, 0.2) is 0 Å². The van der Waals surface area contributed by atoms with E-state index in [-0.39, 0.29) is 12.2 Å². The summed E-state index contributed by atoms with van der Waals surface area (Å²) < 4.78 is 11.5. The first-order valence-electron chi connectivity index (χ1n) is 7.15. The van der Waals surface area contributed by atoms with Gasteiger partial charge in [0.25, 0.3) is 0 Å². The number of rotatable bonds is 9. The van der Waals surface area contributed by atoms with Crippen molar-refractivity contribution in [2.75, 3.05) is 19.8 Å². The Balaban J connectivity index is 2.19. The standard InChI is InChI=1S/C14H28O3/c1-3-5-7-16-11-12-9-13(15)10-14(12)17-8-6-4-2/h12-15H,3-11H2,1-2H3/t12?,13-,14-/m0/s1. The summed E-state index contributed by atoms with van der Waals surface area (Å²) in [5, 5.41) is 9.69. The van der Waals surface area contributed by atoms with Gasteiger partial charge in [-0.2, -0.15) is 0 Å². The van der Waals surface area contributed by atoms with Gasteiger partial charge in [-0.25, -0.2) is 0 Å². The molecule has 1 saturated carbocycles. The maximum absolute atomic E-state index is 9.69. The average Bonchev–Trinajstić information content (AvgIpc) is 2.66. The third kappa shape index (κ3) is 5.84. The zero-order chi connectivity index (χ0) is 12.5. The molecule has 1 aliphatic rings. The summed E-state index contributed by atoms with van der Waals surface area (Å²) in [7, 11) is 0. The van der Waals surface area contributed by atoms with Crippen LogP contribution >= 0.6 is 0 Å². The Morgan fingerprint density at radius 2 is 1.76 bits per heavy atom. The van der Waals surface area contributed by atoms with E-state index in [0.717, 1.165) is 51.9 Å². The van der Waals surface area contributed by atoms with Crippen LogP contribution in [0.25, 0.3) is 0 Å². The lowest BCUT2D eigenvalue weighted by atomic mass is 10.1. The van der Waals surface area contributed by atoms with Crippen molar-refractivity contribution in [1.29, 1.82) is 0 Å². The van der Waals surface area contributed by atoms with E-state index in [1.165, 1.54) is 6.42 Å². The lowest BCUT2D eigenvalue weighted by Gasteiger charge is -2.19. The summed E-state index contributed by atoms with van der Waals surface area (Å²) in [5.41, 5.74) is 0. The molecular formula is C14H28O3. The second-order valence-corrected chi connectivity index (χ2v) is 5.08. The quantitative estimate of drug-likeness (QED) is 0.634. The van der Waals surface area contributed by atoms with Crippen molar-refractivity contribution >= 4 is 0 Å². The summed E-state index contributed by atoms with van der Waals surface area (Å²) in [6, 6.07) is 0. The highest BCUT2D eigenvalue weighted by Gasteiger charge is 2.33. The van der Waals surface area contributed by atoms with E-state index in [4.69, 9.17) is 9.47 Å². The minimum absolute atomic E-state index is 0.193. The minimum atomic E-state index is -0.193. The lowest BCUT2D eigenvalue weighted by molar-refractivity contribution is -0.00924. The van der Waals surface area contributed by atoms with E-state index in [9.17, 15) is 5.11 Å². The zero-order valence-electron chi connectivity index (χ0n) is 11.4. The van der Waals surface area contributed by atoms with Gasteiger partial charge in [0.2, 0.25) is 0 Å². The Hall–Kier alpha value is -0.120. The maximum atomic E-state index is 9.69. The van der Waals surface area contributed by atoms with Crippen LogP contribution in [0, 0.1) is 5.92 Å². The van der Waals surface area contributed by atoms with E-state index in [2.05, 4.69) is 13.8 Å². The van der Waals surface area contributed by atoms with Crippen molar-refractivity contribution in [2.24, 2.45) is 5.92 Å². The summed E-state index contributed by atoms with van der Waals surface area (Å²) in [6.07, 6.45) is 6.19. The molecule has 0 aliphatic heterocycles. The number of unbranched alkanes of at least 4 members (excludes halogenated alkanes) is 2. The van der Waals surface area contributed by atoms with Gasteiger partial charge in [-0.1, -0.05) is 26.7 Å². The molecule has 0 spiro atoms. The molecule has 1 rings (SSSR count). The molecule has 0 heterocycles. The molecule has 1 unspecified atom stereocenters. The predicted molar refractivity (Wildman–Crippen MR) is 69.1 cm³/mol. The molecule has 0 bridgehead atoms. The molecule has 0 amide bonds. The van der Waals surface area contributed by atoms with Crippen LogP contribution in [0.2, 0.25) is 0 Å². The molecule has 1 N–H and O–H groups in total. The molecule has 0 radical (unpaired) electrons.